The van der Waals surface area contributed by atoms with E-state index in [1.54, 1.807) is 6.92 Å². The number of hydrogen-bond donors (Lipinski definition) is 1. The number of esters is 1. The Bertz CT molecular complexity index is 253. The van der Waals surface area contributed by atoms with Crippen molar-refractivity contribution in [1.29, 1.82) is 0 Å². The van der Waals surface area contributed by atoms with Crippen LogP contribution >= 0.6 is 0 Å². The molecule has 86 valence electrons. The van der Waals surface area contributed by atoms with Gasteiger partial charge in [-0.25, -0.2) is 9.59 Å². The van der Waals surface area contributed by atoms with E-state index in [1.807, 2.05) is 0 Å². The van der Waals surface area contributed by atoms with Crippen molar-refractivity contribution in [3.8, 4) is 0 Å². The molecule has 0 unspecified atom stereocenters. The summed E-state index contributed by atoms with van der Waals surface area (Å²) in [6, 6.07) is 0. The number of amides is 1. The molecule has 0 aliphatic carbocycles. The largest absolute Gasteiger partial charge is 0.516 e. The minimum Gasteiger partial charge on any atom is -0.434 e. The van der Waals surface area contributed by atoms with Gasteiger partial charge in [-0.05, 0) is 6.92 Å². The molecule has 0 atom stereocenters. The highest BCUT2D eigenvalue weighted by atomic mass is 16.7. The molecule has 0 fully saturated rings. The van der Waals surface area contributed by atoms with Gasteiger partial charge in [0, 0.05) is 7.05 Å². The highest BCUT2D eigenvalue weighted by Crippen LogP contribution is 1.90. The summed E-state index contributed by atoms with van der Waals surface area (Å²) in [6.07, 6.45) is -1.07. The number of ether oxygens (including phenoxy) is 2. The molecule has 15 heavy (non-hydrogen) atoms. The molecule has 0 bridgehead atoms. The Labute approximate surface area is 87.1 Å². The van der Waals surface area contributed by atoms with Crippen molar-refractivity contribution >= 4 is 18.0 Å². The number of rotatable bonds is 4. The van der Waals surface area contributed by atoms with Gasteiger partial charge in [-0.15, -0.1) is 0 Å². The average molecular weight is 218 g/mol. The monoisotopic (exact) mass is 218 g/mol. The molecule has 0 spiro atoms. The molecule has 0 saturated carbocycles. The van der Waals surface area contributed by atoms with Crippen molar-refractivity contribution in [1.82, 2.24) is 4.90 Å². The standard InChI is InChI=1S/C8H14N2O5/c1-3-14-8(13)15-7(12)5-10(2)6(11)4-9/h3-5,9H2,1-2H3. The van der Waals surface area contributed by atoms with Gasteiger partial charge in [-0.1, -0.05) is 0 Å². The molecule has 0 heterocycles. The van der Waals surface area contributed by atoms with Gasteiger partial charge in [-0.3, -0.25) is 4.79 Å². The summed E-state index contributed by atoms with van der Waals surface area (Å²) in [7, 11) is 1.38. The van der Waals surface area contributed by atoms with E-state index in [0.717, 1.165) is 4.90 Å². The summed E-state index contributed by atoms with van der Waals surface area (Å²) in [4.78, 5) is 33.7. The van der Waals surface area contributed by atoms with Crippen LogP contribution in [0.25, 0.3) is 0 Å². The van der Waals surface area contributed by atoms with Crippen molar-refractivity contribution in [2.45, 2.75) is 6.92 Å². The van der Waals surface area contributed by atoms with E-state index in [-0.39, 0.29) is 19.7 Å². The molecule has 0 radical (unpaired) electrons. The predicted octanol–water partition coefficient (Wildman–Crippen LogP) is -0.897. The van der Waals surface area contributed by atoms with Gasteiger partial charge in [0.15, 0.2) is 0 Å². The Morgan fingerprint density at radius 3 is 2.40 bits per heavy atom. The first-order valence-corrected chi connectivity index (χ1v) is 4.32. The van der Waals surface area contributed by atoms with E-state index in [4.69, 9.17) is 5.73 Å². The number of likely N-dealkylation sites (N-methyl/N-ethyl adjacent to an activating group) is 1. The fraction of sp³-hybridized carbons (Fsp3) is 0.625. The zero-order chi connectivity index (χ0) is 11.8. The van der Waals surface area contributed by atoms with Crippen LogP contribution in [0.2, 0.25) is 0 Å². The van der Waals surface area contributed by atoms with Gasteiger partial charge in [0.05, 0.1) is 13.2 Å². The predicted molar refractivity (Wildman–Crippen MR) is 49.8 cm³/mol. The van der Waals surface area contributed by atoms with E-state index < -0.39 is 18.0 Å². The molecular weight excluding hydrogens is 204 g/mol. The average Bonchev–Trinajstić information content (AvgIpc) is 2.16. The molecule has 0 aliphatic rings. The third-order valence-corrected chi connectivity index (χ3v) is 1.43. The van der Waals surface area contributed by atoms with Crippen LogP contribution in [0.1, 0.15) is 6.92 Å². The molecule has 0 aromatic rings. The quantitative estimate of drug-likeness (QED) is 0.485. The first-order valence-electron chi connectivity index (χ1n) is 4.32. The lowest BCUT2D eigenvalue weighted by molar-refractivity contribution is -0.145. The van der Waals surface area contributed by atoms with E-state index in [9.17, 15) is 14.4 Å². The lowest BCUT2D eigenvalue weighted by Gasteiger charge is -2.14. The third-order valence-electron chi connectivity index (χ3n) is 1.43. The van der Waals surface area contributed by atoms with Crippen molar-refractivity contribution in [3.63, 3.8) is 0 Å². The second-order valence-corrected chi connectivity index (χ2v) is 2.61. The highest BCUT2D eigenvalue weighted by Gasteiger charge is 2.15. The minimum atomic E-state index is -1.07. The molecule has 7 heteroatoms. The zero-order valence-corrected chi connectivity index (χ0v) is 8.69. The Balaban J connectivity index is 3.93. The van der Waals surface area contributed by atoms with Gasteiger partial charge < -0.3 is 20.1 Å². The fourth-order valence-corrected chi connectivity index (χ4v) is 0.710. The Kier molecular flexibility index (Phi) is 6.03. The molecule has 0 saturated heterocycles. The van der Waals surface area contributed by atoms with Crippen LogP contribution in [-0.2, 0) is 19.1 Å². The fourth-order valence-electron chi connectivity index (χ4n) is 0.710. The highest BCUT2D eigenvalue weighted by molar-refractivity contribution is 5.87. The molecule has 2 N–H and O–H groups in total. The summed E-state index contributed by atoms with van der Waals surface area (Å²) < 4.78 is 8.59. The summed E-state index contributed by atoms with van der Waals surface area (Å²) in [6.45, 7) is 1.15. The topological polar surface area (TPSA) is 98.9 Å². The van der Waals surface area contributed by atoms with Crippen LogP contribution in [0.5, 0.6) is 0 Å². The maximum atomic E-state index is 11.0. The number of hydrogen-bond acceptors (Lipinski definition) is 6. The van der Waals surface area contributed by atoms with Gasteiger partial charge in [-0.2, -0.15) is 0 Å². The molecule has 7 nitrogen and oxygen atoms in total. The van der Waals surface area contributed by atoms with Gasteiger partial charge in [0.1, 0.15) is 6.54 Å². The van der Waals surface area contributed by atoms with E-state index >= 15 is 0 Å². The van der Waals surface area contributed by atoms with E-state index in [2.05, 4.69) is 9.47 Å². The van der Waals surface area contributed by atoms with Crippen molar-refractivity contribution in [2.24, 2.45) is 5.73 Å². The van der Waals surface area contributed by atoms with E-state index in [0.29, 0.717) is 0 Å². The molecule has 0 aromatic carbocycles. The lowest BCUT2D eigenvalue weighted by atomic mass is 10.5. The first kappa shape index (κ1) is 13.4. The van der Waals surface area contributed by atoms with E-state index in [1.165, 1.54) is 7.05 Å². The smallest absolute Gasteiger partial charge is 0.434 e. The third kappa shape index (κ3) is 5.63. The minimum absolute atomic E-state index is 0.115. The van der Waals surface area contributed by atoms with Crippen LogP contribution in [-0.4, -0.2) is 49.7 Å². The number of carbonyl (C=O) groups excluding carboxylic acids is 3. The summed E-state index contributed by atoms with van der Waals surface area (Å²) >= 11 is 0. The van der Waals surface area contributed by atoms with Crippen LogP contribution < -0.4 is 5.73 Å². The zero-order valence-electron chi connectivity index (χ0n) is 8.69. The normalized spacial score (nSPS) is 9.27. The summed E-state index contributed by atoms with van der Waals surface area (Å²) in [5.74, 6) is -1.28. The summed E-state index contributed by atoms with van der Waals surface area (Å²) in [5, 5.41) is 0. The Hall–Kier alpha value is -1.63. The van der Waals surface area contributed by atoms with Crippen LogP contribution in [0.15, 0.2) is 0 Å². The van der Waals surface area contributed by atoms with Crippen LogP contribution in [0, 0.1) is 0 Å². The van der Waals surface area contributed by atoms with Crippen molar-refractivity contribution < 1.29 is 23.9 Å². The van der Waals surface area contributed by atoms with Gasteiger partial charge in [0.25, 0.3) is 0 Å². The first-order chi connectivity index (χ1) is 7.01. The molecule has 0 rings (SSSR count). The number of nitrogens with zero attached hydrogens (tertiary/aromatic N) is 1. The van der Waals surface area contributed by atoms with Crippen LogP contribution in [0.4, 0.5) is 4.79 Å². The second-order valence-electron chi connectivity index (χ2n) is 2.61. The maximum Gasteiger partial charge on any atom is 0.516 e. The lowest BCUT2D eigenvalue weighted by Crippen LogP contribution is -2.37. The molecular formula is C8H14N2O5. The van der Waals surface area contributed by atoms with Crippen molar-refractivity contribution in [3.05, 3.63) is 0 Å². The second kappa shape index (κ2) is 6.77. The van der Waals surface area contributed by atoms with Crippen LogP contribution in [0.3, 0.4) is 0 Å². The van der Waals surface area contributed by atoms with Crippen molar-refractivity contribution in [2.75, 3.05) is 26.7 Å². The Morgan fingerprint density at radius 1 is 1.33 bits per heavy atom. The molecule has 0 aliphatic heterocycles. The molecule has 0 aromatic heterocycles. The molecule has 1 amide bonds. The van der Waals surface area contributed by atoms with Gasteiger partial charge in [0.2, 0.25) is 5.91 Å². The van der Waals surface area contributed by atoms with Gasteiger partial charge >= 0.3 is 12.1 Å². The SMILES string of the molecule is CCOC(=O)OC(=O)CN(C)C(=O)CN. The maximum absolute atomic E-state index is 11.0. The summed E-state index contributed by atoms with van der Waals surface area (Å²) in [5.41, 5.74) is 5.06. The Morgan fingerprint density at radius 2 is 1.93 bits per heavy atom. The number of carbonyl (C=O) groups is 3. The number of nitrogens with two attached hydrogens (primary N) is 1.